The highest BCUT2D eigenvalue weighted by Crippen LogP contribution is 2.13. The van der Waals surface area contributed by atoms with Crippen LogP contribution in [-0.4, -0.2) is 20.0 Å². The maximum Gasteiger partial charge on any atom is 0.0650 e. The number of aromatic nitrogens is 4. The molecule has 0 spiro atoms. The zero-order valence-corrected chi connectivity index (χ0v) is 12.0. The standard InChI is InChI=1S/2C9H8N2/c1-2-5-9(6-3-1)11-8-4-7-10-11;1-2-4-8(5-3-1)9-6-7-10-11-9/h1-8H;1-7H,(H,10,11). The van der Waals surface area contributed by atoms with E-state index < -0.39 is 0 Å². The van der Waals surface area contributed by atoms with E-state index in [4.69, 9.17) is 0 Å². The third kappa shape index (κ3) is 3.49. The Morgan fingerprint density at radius 1 is 0.727 bits per heavy atom. The number of hydrogen-bond donors (Lipinski definition) is 1. The van der Waals surface area contributed by atoms with E-state index in [0.29, 0.717) is 0 Å². The Morgan fingerprint density at radius 3 is 2.05 bits per heavy atom. The second-order valence-electron chi connectivity index (χ2n) is 4.62. The molecule has 0 aliphatic rings. The summed E-state index contributed by atoms with van der Waals surface area (Å²) < 4.78 is 1.83. The fourth-order valence-electron chi connectivity index (χ4n) is 2.04. The summed E-state index contributed by atoms with van der Waals surface area (Å²) in [6.07, 6.45) is 5.45. The predicted molar refractivity (Wildman–Crippen MR) is 87.6 cm³/mol. The van der Waals surface area contributed by atoms with Crippen molar-refractivity contribution in [2.75, 3.05) is 0 Å². The second kappa shape index (κ2) is 7.04. The molecule has 4 rings (SSSR count). The minimum atomic E-state index is 1.06. The lowest BCUT2D eigenvalue weighted by Gasteiger charge is -1.97. The van der Waals surface area contributed by atoms with E-state index in [1.54, 1.807) is 12.4 Å². The average molecular weight is 288 g/mol. The van der Waals surface area contributed by atoms with E-state index >= 15 is 0 Å². The van der Waals surface area contributed by atoms with Gasteiger partial charge in [0.1, 0.15) is 0 Å². The van der Waals surface area contributed by atoms with Crippen LogP contribution in [0.4, 0.5) is 0 Å². The third-order valence-corrected chi connectivity index (χ3v) is 3.11. The number of para-hydroxylation sites is 1. The molecule has 0 fully saturated rings. The van der Waals surface area contributed by atoms with Crippen molar-refractivity contribution in [3.8, 4) is 16.9 Å². The summed E-state index contributed by atoms with van der Waals surface area (Å²) in [5.74, 6) is 0. The lowest BCUT2D eigenvalue weighted by molar-refractivity contribution is 0.880. The summed E-state index contributed by atoms with van der Waals surface area (Å²) in [4.78, 5) is 0. The van der Waals surface area contributed by atoms with Crippen molar-refractivity contribution in [1.82, 2.24) is 20.0 Å². The molecule has 0 radical (unpaired) electrons. The molecule has 0 saturated heterocycles. The van der Waals surface area contributed by atoms with Gasteiger partial charge in [0.25, 0.3) is 0 Å². The molecule has 4 heteroatoms. The van der Waals surface area contributed by atoms with Gasteiger partial charge in [-0.05, 0) is 29.8 Å². The average Bonchev–Trinajstić information content (AvgIpc) is 3.31. The molecule has 0 aliphatic carbocycles. The lowest BCUT2D eigenvalue weighted by Crippen LogP contribution is -1.91. The minimum absolute atomic E-state index is 1.06. The van der Waals surface area contributed by atoms with Crippen molar-refractivity contribution in [3.05, 3.63) is 91.4 Å². The van der Waals surface area contributed by atoms with Gasteiger partial charge in [0.2, 0.25) is 0 Å². The Hall–Kier alpha value is -3.14. The Morgan fingerprint density at radius 2 is 1.45 bits per heavy atom. The van der Waals surface area contributed by atoms with Crippen LogP contribution < -0.4 is 0 Å². The van der Waals surface area contributed by atoms with Crippen molar-refractivity contribution >= 4 is 0 Å². The van der Waals surface area contributed by atoms with Crippen LogP contribution in [0.5, 0.6) is 0 Å². The number of aromatic amines is 1. The van der Waals surface area contributed by atoms with E-state index in [1.807, 2.05) is 83.7 Å². The number of hydrogen-bond acceptors (Lipinski definition) is 2. The number of benzene rings is 2. The molecule has 4 aromatic rings. The maximum absolute atomic E-state index is 4.10. The van der Waals surface area contributed by atoms with Crippen molar-refractivity contribution in [2.24, 2.45) is 0 Å². The first kappa shape index (κ1) is 13.8. The van der Waals surface area contributed by atoms with Crippen molar-refractivity contribution in [1.29, 1.82) is 0 Å². The second-order valence-corrected chi connectivity index (χ2v) is 4.62. The highest BCUT2D eigenvalue weighted by Gasteiger charge is 1.94. The van der Waals surface area contributed by atoms with Gasteiger partial charge < -0.3 is 0 Å². The largest absolute Gasteiger partial charge is 0.278 e. The molecule has 0 bridgehead atoms. The molecule has 0 atom stereocenters. The molecule has 2 aromatic heterocycles. The molecule has 4 nitrogen and oxygen atoms in total. The summed E-state index contributed by atoms with van der Waals surface area (Å²) in [6.45, 7) is 0. The highest BCUT2D eigenvalue weighted by molar-refractivity contribution is 5.57. The van der Waals surface area contributed by atoms with Gasteiger partial charge >= 0.3 is 0 Å². The molecule has 2 heterocycles. The Kier molecular flexibility index (Phi) is 4.42. The first-order valence-electron chi connectivity index (χ1n) is 7.03. The Balaban J connectivity index is 0.000000131. The first-order chi connectivity index (χ1) is 10.9. The molecule has 0 unspecified atom stereocenters. The molecule has 22 heavy (non-hydrogen) atoms. The van der Waals surface area contributed by atoms with E-state index in [2.05, 4.69) is 15.3 Å². The maximum atomic E-state index is 4.10. The zero-order chi connectivity index (χ0) is 15.0. The summed E-state index contributed by atoms with van der Waals surface area (Å²) in [5, 5.41) is 10.9. The number of nitrogens with zero attached hydrogens (tertiary/aromatic N) is 3. The van der Waals surface area contributed by atoms with Gasteiger partial charge in [-0.1, -0.05) is 48.5 Å². The minimum Gasteiger partial charge on any atom is -0.278 e. The van der Waals surface area contributed by atoms with E-state index in [-0.39, 0.29) is 0 Å². The molecular weight excluding hydrogens is 272 g/mol. The smallest absolute Gasteiger partial charge is 0.0650 e. The number of rotatable bonds is 2. The molecule has 108 valence electrons. The van der Waals surface area contributed by atoms with Crippen LogP contribution in [-0.2, 0) is 0 Å². The fraction of sp³-hybridized carbons (Fsp3) is 0. The van der Waals surface area contributed by atoms with Crippen molar-refractivity contribution < 1.29 is 0 Å². The molecule has 0 saturated carbocycles. The summed E-state index contributed by atoms with van der Waals surface area (Å²) >= 11 is 0. The van der Waals surface area contributed by atoms with Gasteiger partial charge in [-0.15, -0.1) is 0 Å². The van der Waals surface area contributed by atoms with E-state index in [9.17, 15) is 0 Å². The predicted octanol–water partition coefficient (Wildman–Crippen LogP) is 3.95. The van der Waals surface area contributed by atoms with Crippen LogP contribution >= 0.6 is 0 Å². The van der Waals surface area contributed by atoms with Gasteiger partial charge in [0.05, 0.1) is 11.4 Å². The Bertz CT molecular complexity index is 691. The Labute approximate surface area is 129 Å². The van der Waals surface area contributed by atoms with Crippen LogP contribution in [0.3, 0.4) is 0 Å². The van der Waals surface area contributed by atoms with Gasteiger partial charge in [0, 0.05) is 18.6 Å². The van der Waals surface area contributed by atoms with Crippen LogP contribution in [0, 0.1) is 0 Å². The van der Waals surface area contributed by atoms with Crippen LogP contribution in [0.2, 0.25) is 0 Å². The molecular formula is C18H16N4. The van der Waals surface area contributed by atoms with Gasteiger partial charge in [-0.2, -0.15) is 10.2 Å². The summed E-state index contributed by atoms with van der Waals surface area (Å²) in [5.41, 5.74) is 3.33. The quantitative estimate of drug-likeness (QED) is 0.607. The van der Waals surface area contributed by atoms with Gasteiger partial charge in [-0.25, -0.2) is 4.68 Å². The number of H-pyrrole nitrogens is 1. The van der Waals surface area contributed by atoms with Crippen LogP contribution in [0.25, 0.3) is 16.9 Å². The highest BCUT2D eigenvalue weighted by atomic mass is 15.3. The summed E-state index contributed by atoms with van der Waals surface area (Å²) in [6, 6.07) is 24.0. The van der Waals surface area contributed by atoms with Crippen molar-refractivity contribution in [2.45, 2.75) is 0 Å². The topological polar surface area (TPSA) is 46.5 Å². The molecule has 1 N–H and O–H groups in total. The molecule has 0 amide bonds. The van der Waals surface area contributed by atoms with E-state index in [0.717, 1.165) is 11.4 Å². The monoisotopic (exact) mass is 288 g/mol. The van der Waals surface area contributed by atoms with Gasteiger partial charge in [-0.3, -0.25) is 5.10 Å². The molecule has 0 aliphatic heterocycles. The zero-order valence-electron chi connectivity index (χ0n) is 12.0. The first-order valence-corrected chi connectivity index (χ1v) is 7.03. The molecule has 2 aromatic carbocycles. The number of nitrogens with one attached hydrogen (secondary N) is 1. The van der Waals surface area contributed by atoms with Crippen molar-refractivity contribution in [3.63, 3.8) is 0 Å². The van der Waals surface area contributed by atoms with Crippen LogP contribution in [0.15, 0.2) is 91.4 Å². The lowest BCUT2D eigenvalue weighted by atomic mass is 10.2. The fourth-order valence-corrected chi connectivity index (χ4v) is 2.04. The summed E-state index contributed by atoms with van der Waals surface area (Å²) in [7, 11) is 0. The normalized spacial score (nSPS) is 9.82. The third-order valence-electron chi connectivity index (χ3n) is 3.11. The van der Waals surface area contributed by atoms with Crippen LogP contribution in [0.1, 0.15) is 0 Å². The SMILES string of the molecule is c1ccc(-c2ccn[nH]2)cc1.c1ccc(-n2cccn2)cc1. The van der Waals surface area contributed by atoms with E-state index in [1.165, 1.54) is 5.56 Å². The van der Waals surface area contributed by atoms with Gasteiger partial charge in [0.15, 0.2) is 0 Å².